The fourth-order valence-corrected chi connectivity index (χ4v) is 3.75. The number of halogens is 2. The largest absolute Gasteiger partial charge is 0.497 e. The number of rotatable bonds is 9. The number of alkyl halides is 1. The molecular weight excluding hydrogens is 395 g/mol. The molecule has 1 saturated heterocycles. The number of hydrogen-bond donors (Lipinski definition) is 2. The van der Waals surface area contributed by atoms with Gasteiger partial charge in [-0.15, -0.1) is 0 Å². The fraction of sp³-hybridized carbons (Fsp3) is 0.524. The lowest BCUT2D eigenvalue weighted by Crippen LogP contribution is -2.35. The number of nitrogens with one attached hydrogen (secondary N) is 2. The molecule has 2 heterocycles. The summed E-state index contributed by atoms with van der Waals surface area (Å²) in [5, 5.41) is 7.33. The van der Waals surface area contributed by atoms with Crippen LogP contribution in [0.5, 0.6) is 5.75 Å². The molecule has 0 amide bonds. The van der Waals surface area contributed by atoms with Crippen LogP contribution < -0.4 is 15.4 Å². The zero-order chi connectivity index (χ0) is 20.8. The Morgan fingerprint density at radius 3 is 2.66 bits per heavy atom. The average molecular weight is 423 g/mol. The second-order valence-electron chi connectivity index (χ2n) is 6.87. The molecule has 0 bridgehead atoms. The molecule has 1 aliphatic heterocycles. The number of anilines is 1. The van der Waals surface area contributed by atoms with Gasteiger partial charge in [0.15, 0.2) is 0 Å². The maximum absolute atomic E-state index is 12.5. The molecule has 0 unspecified atom stereocenters. The Labute approximate surface area is 176 Å². The Morgan fingerprint density at radius 2 is 2.00 bits per heavy atom. The zero-order valence-corrected chi connectivity index (χ0v) is 17.9. The molecule has 1 aromatic heterocycles. The molecule has 6 nitrogen and oxygen atoms in total. The third-order valence-corrected chi connectivity index (χ3v) is 5.34. The molecule has 0 spiro atoms. The van der Waals surface area contributed by atoms with E-state index in [0.717, 1.165) is 41.4 Å². The number of nitrogens with zero attached hydrogens (tertiary/aromatic N) is 2. The van der Waals surface area contributed by atoms with E-state index in [2.05, 4.69) is 10.6 Å². The molecule has 158 valence electrons. The van der Waals surface area contributed by atoms with Crippen LogP contribution in [-0.4, -0.2) is 55.6 Å². The minimum atomic E-state index is -0.486. The second kappa shape index (κ2) is 10.2. The third kappa shape index (κ3) is 4.97. The first-order chi connectivity index (χ1) is 14.1. The normalized spacial score (nSPS) is 18.8. The molecule has 1 aromatic carbocycles. The van der Waals surface area contributed by atoms with Crippen LogP contribution in [0.25, 0.3) is 11.3 Å². The van der Waals surface area contributed by atoms with Crippen molar-refractivity contribution in [1.29, 1.82) is 0 Å². The van der Waals surface area contributed by atoms with Crippen molar-refractivity contribution < 1.29 is 13.9 Å². The van der Waals surface area contributed by atoms with Gasteiger partial charge in [-0.3, -0.25) is 0 Å². The van der Waals surface area contributed by atoms with E-state index in [9.17, 15) is 4.39 Å². The summed E-state index contributed by atoms with van der Waals surface area (Å²) in [7, 11) is 1.61. The van der Waals surface area contributed by atoms with Crippen molar-refractivity contribution in [2.45, 2.75) is 38.8 Å². The molecule has 2 aromatic rings. The molecule has 0 aliphatic carbocycles. The van der Waals surface area contributed by atoms with Gasteiger partial charge in [-0.1, -0.05) is 25.4 Å². The van der Waals surface area contributed by atoms with Gasteiger partial charge < -0.3 is 20.1 Å². The maximum atomic E-state index is 12.5. The maximum Gasteiger partial charge on any atom is 0.148 e. The van der Waals surface area contributed by atoms with E-state index in [0.29, 0.717) is 23.7 Å². The summed E-state index contributed by atoms with van der Waals surface area (Å²) >= 11 is 6.49. The molecular formula is C21H28ClFN4O2. The predicted octanol–water partition coefficient (Wildman–Crippen LogP) is 3.67. The highest BCUT2D eigenvalue weighted by Crippen LogP contribution is 2.33. The van der Waals surface area contributed by atoms with Crippen molar-refractivity contribution in [3.8, 4) is 17.0 Å². The molecule has 29 heavy (non-hydrogen) atoms. The minimum Gasteiger partial charge on any atom is -0.497 e. The first-order valence-corrected chi connectivity index (χ1v) is 10.4. The molecule has 3 rings (SSSR count). The van der Waals surface area contributed by atoms with Crippen molar-refractivity contribution in [1.82, 2.24) is 15.3 Å². The van der Waals surface area contributed by atoms with Gasteiger partial charge in [0.1, 0.15) is 18.2 Å². The van der Waals surface area contributed by atoms with E-state index >= 15 is 0 Å². The molecule has 2 atom stereocenters. The summed E-state index contributed by atoms with van der Waals surface area (Å²) < 4.78 is 23.4. The van der Waals surface area contributed by atoms with E-state index < -0.39 is 6.67 Å². The SMILES string of the molecule is CCc1nc(-c2ccc(OC)cc2Cl)c(CC)nc1N[C@@H]1CNC[C@@H]1OCCF. The van der Waals surface area contributed by atoms with E-state index in [-0.39, 0.29) is 18.8 Å². The molecule has 0 radical (unpaired) electrons. The van der Waals surface area contributed by atoms with Crippen molar-refractivity contribution in [3.63, 3.8) is 0 Å². The first kappa shape index (κ1) is 21.7. The van der Waals surface area contributed by atoms with Crippen LogP contribution in [-0.2, 0) is 17.6 Å². The summed E-state index contributed by atoms with van der Waals surface area (Å²) in [6, 6.07) is 5.59. The Kier molecular flexibility index (Phi) is 7.64. The van der Waals surface area contributed by atoms with E-state index in [1.807, 2.05) is 26.0 Å². The number of hydrogen-bond acceptors (Lipinski definition) is 6. The van der Waals surface area contributed by atoms with Gasteiger partial charge in [-0.05, 0) is 31.0 Å². The Bertz CT molecular complexity index is 837. The van der Waals surface area contributed by atoms with Crippen LogP contribution in [0.15, 0.2) is 18.2 Å². The van der Waals surface area contributed by atoms with Crippen LogP contribution in [0.1, 0.15) is 25.2 Å². The van der Waals surface area contributed by atoms with Crippen LogP contribution in [0.2, 0.25) is 5.02 Å². The topological polar surface area (TPSA) is 68.3 Å². The van der Waals surface area contributed by atoms with Crippen LogP contribution in [0, 0.1) is 0 Å². The summed E-state index contributed by atoms with van der Waals surface area (Å²) in [4.78, 5) is 9.79. The Morgan fingerprint density at radius 1 is 1.21 bits per heavy atom. The van der Waals surface area contributed by atoms with Gasteiger partial charge in [-0.25, -0.2) is 14.4 Å². The van der Waals surface area contributed by atoms with E-state index in [1.165, 1.54) is 0 Å². The highest BCUT2D eigenvalue weighted by molar-refractivity contribution is 6.33. The van der Waals surface area contributed by atoms with Crippen LogP contribution in [0.3, 0.4) is 0 Å². The summed E-state index contributed by atoms with van der Waals surface area (Å²) in [6.07, 6.45) is 1.34. The highest BCUT2D eigenvalue weighted by Gasteiger charge is 2.29. The third-order valence-electron chi connectivity index (χ3n) is 5.03. The van der Waals surface area contributed by atoms with Gasteiger partial charge in [0, 0.05) is 18.7 Å². The van der Waals surface area contributed by atoms with Crippen LogP contribution in [0.4, 0.5) is 10.2 Å². The molecule has 2 N–H and O–H groups in total. The van der Waals surface area contributed by atoms with Crippen molar-refractivity contribution in [2.75, 3.05) is 38.8 Å². The van der Waals surface area contributed by atoms with Crippen molar-refractivity contribution in [3.05, 3.63) is 34.6 Å². The lowest BCUT2D eigenvalue weighted by Gasteiger charge is -2.23. The number of benzene rings is 1. The fourth-order valence-electron chi connectivity index (χ4n) is 3.49. The highest BCUT2D eigenvalue weighted by atomic mass is 35.5. The molecule has 1 fully saturated rings. The number of aryl methyl sites for hydroxylation is 2. The van der Waals surface area contributed by atoms with Gasteiger partial charge in [0.2, 0.25) is 0 Å². The van der Waals surface area contributed by atoms with Crippen molar-refractivity contribution >= 4 is 17.4 Å². The Balaban J connectivity index is 1.92. The molecule has 0 saturated carbocycles. The second-order valence-corrected chi connectivity index (χ2v) is 7.28. The van der Waals surface area contributed by atoms with E-state index in [4.69, 9.17) is 31.0 Å². The minimum absolute atomic E-state index is 0.0151. The van der Waals surface area contributed by atoms with Crippen LogP contribution >= 0.6 is 11.6 Å². The number of ether oxygens (including phenoxy) is 2. The van der Waals surface area contributed by atoms with Gasteiger partial charge >= 0.3 is 0 Å². The summed E-state index contributed by atoms with van der Waals surface area (Å²) in [5.41, 5.74) is 3.35. The molecule has 1 aliphatic rings. The predicted molar refractivity (Wildman–Crippen MR) is 114 cm³/mol. The monoisotopic (exact) mass is 422 g/mol. The first-order valence-electron chi connectivity index (χ1n) is 9.99. The van der Waals surface area contributed by atoms with Gasteiger partial charge in [-0.2, -0.15) is 0 Å². The van der Waals surface area contributed by atoms with Gasteiger partial charge in [0.05, 0.1) is 48.0 Å². The quantitative estimate of drug-likeness (QED) is 0.642. The summed E-state index contributed by atoms with van der Waals surface area (Å²) in [6.45, 7) is 5.13. The van der Waals surface area contributed by atoms with E-state index in [1.54, 1.807) is 13.2 Å². The summed E-state index contributed by atoms with van der Waals surface area (Å²) in [5.74, 6) is 1.45. The smallest absolute Gasteiger partial charge is 0.148 e. The average Bonchev–Trinajstić information content (AvgIpc) is 3.18. The lowest BCUT2D eigenvalue weighted by atomic mass is 10.1. The molecule has 8 heteroatoms. The lowest BCUT2D eigenvalue weighted by molar-refractivity contribution is 0.0515. The Hall–Kier alpha value is -1.96. The van der Waals surface area contributed by atoms with Gasteiger partial charge in [0.25, 0.3) is 0 Å². The zero-order valence-electron chi connectivity index (χ0n) is 17.1. The number of aromatic nitrogens is 2. The van der Waals surface area contributed by atoms with Crippen molar-refractivity contribution in [2.24, 2.45) is 0 Å². The number of methoxy groups -OCH3 is 1. The standard InChI is InChI=1S/C21H28ClFN4O2/c1-4-16-20(14-7-6-13(28-3)10-15(14)22)25-17(5-2)21(26-16)27-18-11-24-12-19(18)29-9-8-23/h6-7,10,18-19,24H,4-5,8-9,11-12H2,1-3H3,(H,26,27)/t18-,19+/m1/s1.